The molecule has 6 heteroatoms. The second kappa shape index (κ2) is 9.04. The van der Waals surface area contributed by atoms with E-state index in [4.69, 9.17) is 5.26 Å². The van der Waals surface area contributed by atoms with Crippen LogP contribution >= 0.6 is 0 Å². The van der Waals surface area contributed by atoms with E-state index in [0.29, 0.717) is 17.3 Å². The molecule has 4 rings (SSSR count). The highest BCUT2D eigenvalue weighted by atomic mass is 16.4. The van der Waals surface area contributed by atoms with E-state index in [1.165, 1.54) is 0 Å². The number of piperazine rings is 1. The molecule has 1 aliphatic carbocycles. The number of benzene rings is 1. The number of carbonyl (C=O) groups is 1. The first kappa shape index (κ1) is 20.7. The molecule has 2 aliphatic rings. The molecule has 6 nitrogen and oxygen atoms in total. The summed E-state index contributed by atoms with van der Waals surface area (Å²) in [5.74, 6) is 5.13. The molecule has 0 spiro atoms. The maximum atomic E-state index is 11.4. The lowest BCUT2D eigenvalue weighted by Crippen LogP contribution is -2.49. The SMILES string of the molecule is Cc1ccc(C(=O)O)c(C#CC2=C[C@H](N3CCN(c4ccc(C#N)cc4)CC3)CC2)n1. The predicted molar refractivity (Wildman–Crippen MR) is 119 cm³/mol. The fourth-order valence-corrected chi connectivity index (χ4v) is 4.12. The first-order valence-electron chi connectivity index (χ1n) is 10.5. The average molecular weight is 412 g/mol. The van der Waals surface area contributed by atoms with Crippen molar-refractivity contribution in [2.75, 3.05) is 31.1 Å². The Bertz CT molecular complexity index is 1110. The van der Waals surface area contributed by atoms with E-state index in [9.17, 15) is 9.90 Å². The number of nitriles is 1. The van der Waals surface area contributed by atoms with Crippen molar-refractivity contribution in [3.8, 4) is 17.9 Å². The maximum absolute atomic E-state index is 11.4. The van der Waals surface area contributed by atoms with Gasteiger partial charge in [-0.3, -0.25) is 4.90 Å². The molecule has 1 saturated heterocycles. The van der Waals surface area contributed by atoms with Crippen LogP contribution in [0.4, 0.5) is 5.69 Å². The number of carboxylic acid groups (broad SMARTS) is 1. The second-order valence-corrected chi connectivity index (χ2v) is 7.88. The summed E-state index contributed by atoms with van der Waals surface area (Å²) in [5, 5.41) is 18.3. The first-order chi connectivity index (χ1) is 15.0. The molecule has 1 aliphatic heterocycles. The Labute approximate surface area is 182 Å². The summed E-state index contributed by atoms with van der Waals surface area (Å²) in [4.78, 5) is 20.5. The number of rotatable bonds is 3. The zero-order valence-electron chi connectivity index (χ0n) is 17.5. The van der Waals surface area contributed by atoms with Gasteiger partial charge < -0.3 is 10.0 Å². The van der Waals surface area contributed by atoms with Crippen molar-refractivity contribution in [1.29, 1.82) is 5.26 Å². The Morgan fingerprint density at radius 3 is 2.52 bits per heavy atom. The van der Waals surface area contributed by atoms with Crippen molar-refractivity contribution in [3.63, 3.8) is 0 Å². The van der Waals surface area contributed by atoms with E-state index in [2.05, 4.69) is 38.8 Å². The Morgan fingerprint density at radius 2 is 1.84 bits per heavy atom. The van der Waals surface area contributed by atoms with Gasteiger partial charge in [-0.05, 0) is 62.1 Å². The summed E-state index contributed by atoms with van der Waals surface area (Å²) in [5.41, 5.74) is 4.13. The lowest BCUT2D eigenvalue weighted by molar-refractivity contribution is 0.0696. The predicted octanol–water partition coefficient (Wildman–Crippen LogP) is 3.22. The number of anilines is 1. The number of carboxylic acids is 1. The number of allylic oxidation sites excluding steroid dienone is 1. The first-order valence-corrected chi connectivity index (χ1v) is 10.5. The van der Waals surface area contributed by atoms with Crippen LogP contribution in [0.5, 0.6) is 0 Å². The normalized spacial score (nSPS) is 18.6. The van der Waals surface area contributed by atoms with Gasteiger partial charge in [0.05, 0.1) is 17.2 Å². The molecule has 1 aromatic heterocycles. The number of pyridine rings is 1. The molecule has 31 heavy (non-hydrogen) atoms. The minimum Gasteiger partial charge on any atom is -0.478 e. The van der Waals surface area contributed by atoms with E-state index < -0.39 is 5.97 Å². The third kappa shape index (κ3) is 4.77. The van der Waals surface area contributed by atoms with Gasteiger partial charge in [0.2, 0.25) is 0 Å². The smallest absolute Gasteiger partial charge is 0.338 e. The highest BCUT2D eigenvalue weighted by Gasteiger charge is 2.25. The van der Waals surface area contributed by atoms with Crippen LogP contribution in [0.15, 0.2) is 48.0 Å². The number of hydrogen-bond acceptors (Lipinski definition) is 5. The zero-order chi connectivity index (χ0) is 21.8. The van der Waals surface area contributed by atoms with Gasteiger partial charge in [0, 0.05) is 49.2 Å². The van der Waals surface area contributed by atoms with Gasteiger partial charge in [-0.25, -0.2) is 9.78 Å². The van der Waals surface area contributed by atoms with Gasteiger partial charge >= 0.3 is 5.97 Å². The van der Waals surface area contributed by atoms with Crippen molar-refractivity contribution >= 4 is 11.7 Å². The van der Waals surface area contributed by atoms with E-state index in [-0.39, 0.29) is 5.56 Å². The summed E-state index contributed by atoms with van der Waals surface area (Å²) < 4.78 is 0. The van der Waals surface area contributed by atoms with Crippen LogP contribution in [0.3, 0.4) is 0 Å². The van der Waals surface area contributed by atoms with Gasteiger partial charge in [-0.2, -0.15) is 5.26 Å². The molecule has 2 heterocycles. The molecule has 0 radical (unpaired) electrons. The van der Waals surface area contributed by atoms with E-state index >= 15 is 0 Å². The van der Waals surface area contributed by atoms with Crippen LogP contribution in [-0.4, -0.2) is 53.2 Å². The number of hydrogen-bond donors (Lipinski definition) is 1. The molecule has 1 aromatic carbocycles. The third-order valence-corrected chi connectivity index (χ3v) is 5.85. The Hall–Kier alpha value is -3.61. The molecule has 1 fully saturated rings. The standard InChI is InChI=1S/C25H24N4O2/c1-18-2-10-23(25(30)31)24(27-18)11-6-19-3-9-22(16-19)29-14-12-28(13-15-29)21-7-4-20(17-26)5-8-21/h2,4-5,7-8,10,16,22H,3,9,12-15H2,1H3,(H,30,31)/t22-/m1/s1. The van der Waals surface area contributed by atoms with Crippen LogP contribution in [0.25, 0.3) is 0 Å². The van der Waals surface area contributed by atoms with Crippen molar-refractivity contribution < 1.29 is 9.90 Å². The lowest BCUT2D eigenvalue weighted by atomic mass is 10.1. The molecule has 156 valence electrons. The summed E-state index contributed by atoms with van der Waals surface area (Å²) in [6.07, 6.45) is 4.16. The van der Waals surface area contributed by atoms with Crippen LogP contribution in [0.1, 0.15) is 40.2 Å². The van der Waals surface area contributed by atoms with Crippen molar-refractivity contribution in [1.82, 2.24) is 9.88 Å². The molecule has 1 atom stereocenters. The van der Waals surface area contributed by atoms with Gasteiger partial charge in [0.15, 0.2) is 0 Å². The van der Waals surface area contributed by atoms with Crippen LogP contribution < -0.4 is 4.90 Å². The average Bonchev–Trinajstić information content (AvgIpc) is 3.27. The van der Waals surface area contributed by atoms with Crippen LogP contribution in [-0.2, 0) is 0 Å². The highest BCUT2D eigenvalue weighted by molar-refractivity contribution is 5.90. The fourth-order valence-electron chi connectivity index (χ4n) is 4.12. The summed E-state index contributed by atoms with van der Waals surface area (Å²) in [6, 6.07) is 13.6. The molecular formula is C25H24N4O2. The minimum atomic E-state index is -1.00. The van der Waals surface area contributed by atoms with E-state index in [1.807, 2.05) is 31.2 Å². The van der Waals surface area contributed by atoms with E-state index in [1.54, 1.807) is 12.1 Å². The monoisotopic (exact) mass is 412 g/mol. The Balaban J connectivity index is 1.39. The number of aryl methyl sites for hydroxylation is 1. The summed E-state index contributed by atoms with van der Waals surface area (Å²) in [7, 11) is 0. The quantitative estimate of drug-likeness (QED) is 0.780. The van der Waals surface area contributed by atoms with Crippen molar-refractivity contribution in [2.45, 2.75) is 25.8 Å². The number of nitrogens with zero attached hydrogens (tertiary/aromatic N) is 4. The molecule has 0 unspecified atom stereocenters. The molecular weight excluding hydrogens is 388 g/mol. The topological polar surface area (TPSA) is 80.5 Å². The fraction of sp³-hybridized carbons (Fsp3) is 0.320. The molecule has 0 amide bonds. The molecule has 0 bridgehead atoms. The minimum absolute atomic E-state index is 0.146. The van der Waals surface area contributed by atoms with Crippen LogP contribution in [0.2, 0.25) is 0 Å². The highest BCUT2D eigenvalue weighted by Crippen LogP contribution is 2.25. The van der Waals surface area contributed by atoms with E-state index in [0.717, 1.165) is 56.0 Å². The molecule has 1 N–H and O–H groups in total. The number of aromatic nitrogens is 1. The van der Waals surface area contributed by atoms with Crippen molar-refractivity contribution in [2.24, 2.45) is 0 Å². The van der Waals surface area contributed by atoms with Crippen molar-refractivity contribution in [3.05, 3.63) is 70.6 Å². The summed E-state index contributed by atoms with van der Waals surface area (Å²) >= 11 is 0. The maximum Gasteiger partial charge on any atom is 0.338 e. The second-order valence-electron chi connectivity index (χ2n) is 7.88. The largest absolute Gasteiger partial charge is 0.478 e. The Kier molecular flexibility index (Phi) is 6.02. The van der Waals surface area contributed by atoms with Crippen LogP contribution in [0, 0.1) is 30.1 Å². The van der Waals surface area contributed by atoms with Gasteiger partial charge in [0.25, 0.3) is 0 Å². The van der Waals surface area contributed by atoms with Gasteiger partial charge in [-0.1, -0.05) is 12.0 Å². The zero-order valence-corrected chi connectivity index (χ0v) is 17.5. The number of aromatic carboxylic acids is 1. The Morgan fingerprint density at radius 1 is 1.10 bits per heavy atom. The summed E-state index contributed by atoms with van der Waals surface area (Å²) in [6.45, 7) is 5.69. The molecule has 2 aromatic rings. The molecule has 0 saturated carbocycles. The van der Waals surface area contributed by atoms with Gasteiger partial charge in [-0.15, -0.1) is 0 Å². The third-order valence-electron chi connectivity index (χ3n) is 5.85. The van der Waals surface area contributed by atoms with Gasteiger partial charge in [0.1, 0.15) is 5.69 Å². The lowest BCUT2D eigenvalue weighted by Gasteiger charge is -2.38.